The molecule has 3 nitrogen and oxygen atoms in total. The number of aryl methyl sites for hydroxylation is 2. The van der Waals surface area contributed by atoms with E-state index in [0.29, 0.717) is 12.0 Å². The molecule has 112 valence electrons. The number of hydrogen-bond donors (Lipinski definition) is 1. The second-order valence-corrected chi connectivity index (χ2v) is 5.66. The van der Waals surface area contributed by atoms with Gasteiger partial charge in [-0.3, -0.25) is 0 Å². The molecular weight excluding hydrogens is 250 g/mol. The molecule has 1 fully saturated rings. The van der Waals surface area contributed by atoms with Crippen molar-refractivity contribution in [1.82, 2.24) is 5.32 Å². The Hall–Kier alpha value is -1.06. The van der Waals surface area contributed by atoms with Gasteiger partial charge in [0, 0.05) is 19.3 Å². The molecule has 3 heteroatoms. The van der Waals surface area contributed by atoms with Crippen molar-refractivity contribution < 1.29 is 9.47 Å². The summed E-state index contributed by atoms with van der Waals surface area (Å²) in [5, 5.41) is 3.68. The largest absolute Gasteiger partial charge is 0.496 e. The lowest BCUT2D eigenvalue weighted by molar-refractivity contribution is 0.0537. The fourth-order valence-electron chi connectivity index (χ4n) is 3.17. The molecule has 0 aliphatic carbocycles. The monoisotopic (exact) mass is 277 g/mol. The first-order valence-corrected chi connectivity index (χ1v) is 7.63. The van der Waals surface area contributed by atoms with Crippen LogP contribution in [0.2, 0.25) is 0 Å². The van der Waals surface area contributed by atoms with E-state index in [1.54, 1.807) is 7.11 Å². The third-order valence-electron chi connectivity index (χ3n) is 4.28. The standard InChI is InChI=1S/C17H27NO2/c1-5-18-17(14-6-8-20-9-7-14)15-10-13(3)16(19-4)11-12(15)2/h10-11,14,17-18H,5-9H2,1-4H3. The molecule has 1 N–H and O–H groups in total. The molecule has 1 aromatic rings. The molecule has 2 rings (SSSR count). The zero-order valence-corrected chi connectivity index (χ0v) is 13.2. The number of nitrogens with one attached hydrogen (secondary N) is 1. The van der Waals surface area contributed by atoms with Crippen LogP contribution in [0.3, 0.4) is 0 Å². The van der Waals surface area contributed by atoms with Crippen molar-refractivity contribution in [3.63, 3.8) is 0 Å². The van der Waals surface area contributed by atoms with E-state index in [9.17, 15) is 0 Å². The highest BCUT2D eigenvalue weighted by molar-refractivity contribution is 5.43. The van der Waals surface area contributed by atoms with E-state index >= 15 is 0 Å². The number of benzene rings is 1. The highest BCUT2D eigenvalue weighted by Gasteiger charge is 2.26. The van der Waals surface area contributed by atoms with Crippen LogP contribution in [0.25, 0.3) is 0 Å². The SMILES string of the molecule is CCNC(c1cc(C)c(OC)cc1C)C1CCOCC1. The molecule has 0 saturated carbocycles. The van der Waals surface area contributed by atoms with E-state index in [1.807, 2.05) is 0 Å². The van der Waals surface area contributed by atoms with E-state index in [-0.39, 0.29) is 0 Å². The summed E-state index contributed by atoms with van der Waals surface area (Å²) >= 11 is 0. The van der Waals surface area contributed by atoms with Gasteiger partial charge >= 0.3 is 0 Å². The van der Waals surface area contributed by atoms with Crippen LogP contribution in [0.5, 0.6) is 5.75 Å². The zero-order valence-electron chi connectivity index (χ0n) is 13.2. The molecule has 1 aromatic carbocycles. The van der Waals surface area contributed by atoms with Crippen molar-refractivity contribution in [3.05, 3.63) is 28.8 Å². The third kappa shape index (κ3) is 3.33. The molecule has 1 heterocycles. The molecule has 0 radical (unpaired) electrons. The predicted molar refractivity (Wildman–Crippen MR) is 82.4 cm³/mol. The molecule has 0 bridgehead atoms. The molecule has 0 spiro atoms. The second-order valence-electron chi connectivity index (χ2n) is 5.66. The van der Waals surface area contributed by atoms with Gasteiger partial charge < -0.3 is 14.8 Å². The number of rotatable bonds is 5. The van der Waals surface area contributed by atoms with Gasteiger partial charge in [-0.2, -0.15) is 0 Å². The van der Waals surface area contributed by atoms with Gasteiger partial charge in [0.2, 0.25) is 0 Å². The fraction of sp³-hybridized carbons (Fsp3) is 0.647. The maximum Gasteiger partial charge on any atom is 0.122 e. The van der Waals surface area contributed by atoms with Crippen molar-refractivity contribution in [3.8, 4) is 5.75 Å². The van der Waals surface area contributed by atoms with Gasteiger partial charge in [-0.25, -0.2) is 0 Å². The lowest BCUT2D eigenvalue weighted by atomic mass is 9.84. The Bertz CT molecular complexity index is 439. The van der Waals surface area contributed by atoms with Crippen LogP contribution in [0.15, 0.2) is 12.1 Å². The predicted octanol–water partition coefficient (Wildman–Crippen LogP) is 3.39. The van der Waals surface area contributed by atoms with Gasteiger partial charge in [0.05, 0.1) is 7.11 Å². The van der Waals surface area contributed by atoms with Crippen LogP contribution >= 0.6 is 0 Å². The molecular formula is C17H27NO2. The number of hydrogen-bond acceptors (Lipinski definition) is 3. The average molecular weight is 277 g/mol. The maximum atomic E-state index is 5.51. The van der Waals surface area contributed by atoms with Crippen molar-refractivity contribution in [2.45, 2.75) is 39.7 Å². The molecule has 0 aromatic heterocycles. The van der Waals surface area contributed by atoms with Crippen LogP contribution in [-0.4, -0.2) is 26.9 Å². The van der Waals surface area contributed by atoms with Crippen LogP contribution in [-0.2, 0) is 4.74 Å². The molecule has 20 heavy (non-hydrogen) atoms. The van der Waals surface area contributed by atoms with Gasteiger partial charge in [0.25, 0.3) is 0 Å². The normalized spacial score (nSPS) is 18.0. The minimum Gasteiger partial charge on any atom is -0.496 e. The summed E-state index contributed by atoms with van der Waals surface area (Å²) in [5.74, 6) is 1.64. The quantitative estimate of drug-likeness (QED) is 0.895. The summed E-state index contributed by atoms with van der Waals surface area (Å²) in [6.45, 7) is 9.25. The summed E-state index contributed by atoms with van der Waals surface area (Å²) in [5.41, 5.74) is 3.94. The fourth-order valence-corrected chi connectivity index (χ4v) is 3.17. The lowest BCUT2D eigenvalue weighted by Crippen LogP contribution is -2.32. The lowest BCUT2D eigenvalue weighted by Gasteiger charge is -2.32. The van der Waals surface area contributed by atoms with Crippen LogP contribution in [0, 0.1) is 19.8 Å². The van der Waals surface area contributed by atoms with Crippen LogP contribution < -0.4 is 10.1 Å². The molecule has 1 unspecified atom stereocenters. The highest BCUT2D eigenvalue weighted by Crippen LogP contribution is 2.34. The Morgan fingerprint density at radius 3 is 2.55 bits per heavy atom. The van der Waals surface area contributed by atoms with E-state index in [1.165, 1.54) is 16.7 Å². The van der Waals surface area contributed by atoms with Gasteiger partial charge in [-0.05, 0) is 61.9 Å². The van der Waals surface area contributed by atoms with E-state index in [2.05, 4.69) is 38.2 Å². The molecule has 1 aliphatic rings. The van der Waals surface area contributed by atoms with Crippen molar-refractivity contribution in [2.75, 3.05) is 26.9 Å². The Morgan fingerprint density at radius 1 is 1.25 bits per heavy atom. The molecule has 0 amide bonds. The van der Waals surface area contributed by atoms with Crippen molar-refractivity contribution in [2.24, 2.45) is 5.92 Å². The van der Waals surface area contributed by atoms with E-state index < -0.39 is 0 Å². The number of methoxy groups -OCH3 is 1. The highest BCUT2D eigenvalue weighted by atomic mass is 16.5. The van der Waals surface area contributed by atoms with Crippen LogP contribution in [0.1, 0.15) is 42.5 Å². The Kier molecular flexibility index (Phi) is 5.44. The Labute approximate surface area is 122 Å². The zero-order chi connectivity index (χ0) is 14.5. The number of ether oxygens (including phenoxy) is 2. The Morgan fingerprint density at radius 2 is 1.95 bits per heavy atom. The topological polar surface area (TPSA) is 30.5 Å². The van der Waals surface area contributed by atoms with Crippen molar-refractivity contribution >= 4 is 0 Å². The maximum absolute atomic E-state index is 5.51. The van der Waals surface area contributed by atoms with E-state index in [4.69, 9.17) is 9.47 Å². The minimum absolute atomic E-state index is 0.425. The molecule has 1 aliphatic heterocycles. The van der Waals surface area contributed by atoms with Gasteiger partial charge in [-0.1, -0.05) is 13.0 Å². The van der Waals surface area contributed by atoms with Gasteiger partial charge in [0.15, 0.2) is 0 Å². The molecule has 1 saturated heterocycles. The molecule has 1 atom stereocenters. The summed E-state index contributed by atoms with van der Waals surface area (Å²) in [6.07, 6.45) is 2.28. The summed E-state index contributed by atoms with van der Waals surface area (Å²) < 4.78 is 10.9. The summed E-state index contributed by atoms with van der Waals surface area (Å²) in [7, 11) is 1.74. The van der Waals surface area contributed by atoms with Gasteiger partial charge in [0.1, 0.15) is 5.75 Å². The van der Waals surface area contributed by atoms with Crippen LogP contribution in [0.4, 0.5) is 0 Å². The first-order chi connectivity index (χ1) is 9.67. The first kappa shape index (κ1) is 15.3. The van der Waals surface area contributed by atoms with E-state index in [0.717, 1.165) is 38.3 Å². The second kappa shape index (κ2) is 7.09. The Balaban J connectivity index is 2.30. The smallest absolute Gasteiger partial charge is 0.122 e. The first-order valence-electron chi connectivity index (χ1n) is 7.63. The van der Waals surface area contributed by atoms with Gasteiger partial charge in [-0.15, -0.1) is 0 Å². The summed E-state index contributed by atoms with van der Waals surface area (Å²) in [6, 6.07) is 4.87. The average Bonchev–Trinajstić information content (AvgIpc) is 2.48. The summed E-state index contributed by atoms with van der Waals surface area (Å²) in [4.78, 5) is 0. The van der Waals surface area contributed by atoms with Crippen molar-refractivity contribution in [1.29, 1.82) is 0 Å². The third-order valence-corrected chi connectivity index (χ3v) is 4.28. The minimum atomic E-state index is 0.425.